The fourth-order valence-electron chi connectivity index (χ4n) is 11.9. The largest absolute Gasteiger partial charge is 0.0726 e. The molecule has 0 saturated heterocycles. The van der Waals surface area contributed by atoms with E-state index in [-0.39, 0.29) is 0 Å². The Labute approximate surface area is 366 Å². The van der Waals surface area contributed by atoms with Crippen LogP contribution in [0.3, 0.4) is 0 Å². The van der Waals surface area contributed by atoms with Crippen LogP contribution >= 0.6 is 0 Å². The monoisotopic (exact) mass is 794 g/mol. The van der Waals surface area contributed by atoms with Gasteiger partial charge in [-0.2, -0.15) is 0 Å². The first-order chi connectivity index (χ1) is 31.3. The van der Waals surface area contributed by atoms with Gasteiger partial charge in [0.15, 0.2) is 0 Å². The number of hydrogen-bond donors (Lipinski definition) is 0. The van der Waals surface area contributed by atoms with E-state index in [1.165, 1.54) is 132 Å². The van der Waals surface area contributed by atoms with Crippen LogP contribution in [0.2, 0.25) is 0 Å². The van der Waals surface area contributed by atoms with Crippen LogP contribution in [0.25, 0.3) is 109 Å². The molecular formula is C63H38. The van der Waals surface area contributed by atoms with Gasteiger partial charge in [0.1, 0.15) is 0 Å². The second-order valence-electron chi connectivity index (χ2n) is 17.5. The Morgan fingerprint density at radius 2 is 0.667 bits per heavy atom. The van der Waals surface area contributed by atoms with Gasteiger partial charge < -0.3 is 0 Å². The maximum Gasteiger partial charge on any atom is 0.0726 e. The highest BCUT2D eigenvalue weighted by atomic mass is 14.5. The zero-order valence-electron chi connectivity index (χ0n) is 34.4. The van der Waals surface area contributed by atoms with Crippen LogP contribution in [0.4, 0.5) is 0 Å². The Balaban J connectivity index is 1.05. The molecule has 290 valence electrons. The minimum Gasteiger partial charge on any atom is -0.0619 e. The van der Waals surface area contributed by atoms with Gasteiger partial charge in [-0.05, 0) is 162 Å². The van der Waals surface area contributed by atoms with Crippen LogP contribution in [0.5, 0.6) is 0 Å². The molecule has 63 heavy (non-hydrogen) atoms. The summed E-state index contributed by atoms with van der Waals surface area (Å²) in [4.78, 5) is 0. The van der Waals surface area contributed by atoms with Gasteiger partial charge in [-0.3, -0.25) is 0 Å². The SMILES string of the molecule is c1cc(-c2cc3c(c4ccccc24)-c2cc4ccccc4cc2C32c3ccccc3-c3ccccc32)cc(-c2c3ccccc3c(-c3ccc4ccccc4c3)c3ccccc23)c1. The number of rotatable bonds is 3. The van der Waals surface area contributed by atoms with E-state index in [1.54, 1.807) is 0 Å². The van der Waals surface area contributed by atoms with Gasteiger partial charge in [0, 0.05) is 0 Å². The first-order valence-electron chi connectivity index (χ1n) is 22.1. The molecule has 0 amide bonds. The molecule has 0 radical (unpaired) electrons. The second-order valence-corrected chi connectivity index (χ2v) is 17.5. The van der Waals surface area contributed by atoms with Crippen LogP contribution in [-0.4, -0.2) is 0 Å². The second kappa shape index (κ2) is 13.0. The first kappa shape index (κ1) is 34.6. The molecule has 14 rings (SSSR count). The molecule has 0 heterocycles. The van der Waals surface area contributed by atoms with Crippen molar-refractivity contribution in [2.75, 3.05) is 0 Å². The van der Waals surface area contributed by atoms with E-state index >= 15 is 0 Å². The molecule has 0 bridgehead atoms. The molecule has 0 fully saturated rings. The molecule has 0 atom stereocenters. The van der Waals surface area contributed by atoms with E-state index in [1.807, 2.05) is 0 Å². The summed E-state index contributed by atoms with van der Waals surface area (Å²) in [6.45, 7) is 0. The maximum absolute atomic E-state index is 2.57. The Morgan fingerprint density at radius 1 is 0.206 bits per heavy atom. The molecule has 0 N–H and O–H groups in total. The summed E-state index contributed by atoms with van der Waals surface area (Å²) in [5.74, 6) is 0. The molecular weight excluding hydrogens is 757 g/mol. The summed E-state index contributed by atoms with van der Waals surface area (Å²) < 4.78 is 0. The summed E-state index contributed by atoms with van der Waals surface area (Å²) in [6.07, 6.45) is 0. The lowest BCUT2D eigenvalue weighted by Crippen LogP contribution is -2.26. The van der Waals surface area contributed by atoms with Crippen molar-refractivity contribution in [1.82, 2.24) is 0 Å². The smallest absolute Gasteiger partial charge is 0.0619 e. The average molecular weight is 795 g/mol. The lowest BCUT2D eigenvalue weighted by Gasteiger charge is -2.31. The zero-order valence-corrected chi connectivity index (χ0v) is 34.4. The molecule has 2 aliphatic carbocycles. The van der Waals surface area contributed by atoms with Gasteiger partial charge >= 0.3 is 0 Å². The minimum atomic E-state index is -0.469. The van der Waals surface area contributed by atoms with Crippen molar-refractivity contribution in [3.8, 4) is 55.6 Å². The fraction of sp³-hybridized carbons (Fsp3) is 0.0159. The molecule has 2 aliphatic rings. The van der Waals surface area contributed by atoms with E-state index in [2.05, 4.69) is 231 Å². The lowest BCUT2D eigenvalue weighted by atomic mass is 9.69. The van der Waals surface area contributed by atoms with Crippen LogP contribution in [0.15, 0.2) is 231 Å². The minimum absolute atomic E-state index is 0.469. The molecule has 0 aromatic heterocycles. The van der Waals surface area contributed by atoms with Crippen LogP contribution < -0.4 is 0 Å². The topological polar surface area (TPSA) is 0 Å². The normalized spacial score (nSPS) is 13.2. The number of hydrogen-bond acceptors (Lipinski definition) is 0. The quantitative estimate of drug-likeness (QED) is 0.156. The first-order valence-corrected chi connectivity index (χ1v) is 22.1. The number of benzene rings is 12. The predicted octanol–water partition coefficient (Wildman–Crippen LogP) is 16.8. The molecule has 0 saturated carbocycles. The van der Waals surface area contributed by atoms with Gasteiger partial charge in [0.2, 0.25) is 0 Å². The summed E-state index contributed by atoms with van der Waals surface area (Å²) in [5.41, 5.74) is 17.8. The van der Waals surface area contributed by atoms with Gasteiger partial charge in [-0.25, -0.2) is 0 Å². The fourth-order valence-corrected chi connectivity index (χ4v) is 11.9. The van der Waals surface area contributed by atoms with Crippen LogP contribution in [0, 0.1) is 0 Å². The Bertz CT molecular complexity index is 3820. The third kappa shape index (κ3) is 4.70. The van der Waals surface area contributed by atoms with Crippen molar-refractivity contribution in [1.29, 1.82) is 0 Å². The van der Waals surface area contributed by atoms with Crippen molar-refractivity contribution < 1.29 is 0 Å². The van der Waals surface area contributed by atoms with E-state index in [0.717, 1.165) is 0 Å². The molecule has 12 aromatic rings. The van der Waals surface area contributed by atoms with Crippen molar-refractivity contribution in [2.45, 2.75) is 5.41 Å². The van der Waals surface area contributed by atoms with E-state index in [9.17, 15) is 0 Å². The Hall–Kier alpha value is -8.06. The average Bonchev–Trinajstić information content (AvgIpc) is 3.81. The van der Waals surface area contributed by atoms with Crippen LogP contribution in [0.1, 0.15) is 22.3 Å². The van der Waals surface area contributed by atoms with Gasteiger partial charge in [-0.1, -0.05) is 200 Å². The van der Waals surface area contributed by atoms with E-state index < -0.39 is 5.41 Å². The van der Waals surface area contributed by atoms with E-state index in [0.29, 0.717) is 0 Å². The molecule has 0 aliphatic heterocycles. The Morgan fingerprint density at radius 3 is 1.29 bits per heavy atom. The van der Waals surface area contributed by atoms with Crippen molar-refractivity contribution in [3.05, 3.63) is 253 Å². The highest BCUT2D eigenvalue weighted by Gasteiger charge is 2.52. The molecule has 0 unspecified atom stereocenters. The maximum atomic E-state index is 2.57. The van der Waals surface area contributed by atoms with Gasteiger partial charge in [-0.15, -0.1) is 0 Å². The van der Waals surface area contributed by atoms with Crippen molar-refractivity contribution >= 4 is 53.9 Å². The van der Waals surface area contributed by atoms with Crippen molar-refractivity contribution in [2.24, 2.45) is 0 Å². The van der Waals surface area contributed by atoms with E-state index in [4.69, 9.17) is 0 Å². The standard InChI is InChI=1S/C63H38/c1-2-17-40-34-45(33-32-39(40)16-1)61-52-28-9-7-26-50(52)60(51-27-8-10-29-53(51)61)44-21-15-20-43(35-44)54-38-59-62(49-25-6-5-22-46(49)54)55-36-41-18-3-4-19-42(41)37-58(55)63(59)56-30-13-11-23-47(56)48-24-12-14-31-57(48)63/h1-38H. The molecule has 1 spiro atoms. The summed E-state index contributed by atoms with van der Waals surface area (Å²) in [6, 6.07) is 86.8. The third-order valence-electron chi connectivity index (χ3n) is 14.4. The molecule has 0 heteroatoms. The highest BCUT2D eigenvalue weighted by molar-refractivity contribution is 6.22. The lowest BCUT2D eigenvalue weighted by molar-refractivity contribution is 0.796. The van der Waals surface area contributed by atoms with Crippen molar-refractivity contribution in [3.63, 3.8) is 0 Å². The Kier molecular flexibility index (Phi) is 7.13. The summed E-state index contributed by atoms with van der Waals surface area (Å²) in [5, 5.41) is 12.7. The predicted molar refractivity (Wildman–Crippen MR) is 267 cm³/mol. The summed E-state index contributed by atoms with van der Waals surface area (Å²) >= 11 is 0. The van der Waals surface area contributed by atoms with Gasteiger partial charge in [0.25, 0.3) is 0 Å². The summed E-state index contributed by atoms with van der Waals surface area (Å²) in [7, 11) is 0. The van der Waals surface area contributed by atoms with Gasteiger partial charge in [0.05, 0.1) is 5.41 Å². The molecule has 12 aromatic carbocycles. The zero-order chi connectivity index (χ0) is 41.2. The molecule has 0 nitrogen and oxygen atoms in total. The third-order valence-corrected chi connectivity index (χ3v) is 14.4. The number of fused-ring (bicyclic) bond motifs is 16. The highest BCUT2D eigenvalue weighted by Crippen LogP contribution is 2.65. The van der Waals surface area contributed by atoms with Crippen LogP contribution in [-0.2, 0) is 5.41 Å².